The fraction of sp³-hybridized carbons (Fsp3) is 0.115. The highest BCUT2D eigenvalue weighted by Gasteiger charge is 2.21. The van der Waals surface area contributed by atoms with Crippen molar-refractivity contribution >= 4 is 32.4 Å². The third-order valence-electron chi connectivity index (χ3n) is 5.35. The van der Waals surface area contributed by atoms with Gasteiger partial charge in [0.05, 0.1) is 4.90 Å². The molecule has 0 aliphatic rings. The lowest BCUT2D eigenvalue weighted by molar-refractivity contribution is 0.0987. The molecule has 4 aromatic rings. The highest BCUT2D eigenvalue weighted by atomic mass is 32.2. The van der Waals surface area contributed by atoms with Crippen LogP contribution in [0.15, 0.2) is 95.9 Å². The maximum atomic E-state index is 13.4. The van der Waals surface area contributed by atoms with E-state index < -0.39 is 15.8 Å². The van der Waals surface area contributed by atoms with E-state index in [2.05, 4.69) is 4.72 Å². The Morgan fingerprint density at radius 1 is 0.879 bits per heavy atom. The molecule has 5 nitrogen and oxygen atoms in total. The van der Waals surface area contributed by atoms with Gasteiger partial charge in [-0.15, -0.1) is 0 Å². The van der Waals surface area contributed by atoms with Gasteiger partial charge < -0.3 is 4.90 Å². The Balaban J connectivity index is 1.57. The van der Waals surface area contributed by atoms with Gasteiger partial charge in [0.15, 0.2) is 0 Å². The summed E-state index contributed by atoms with van der Waals surface area (Å²) in [5.74, 6) is -0.718. The molecule has 0 saturated carbocycles. The summed E-state index contributed by atoms with van der Waals surface area (Å²) >= 11 is 0. The number of hydrogen-bond acceptors (Lipinski definition) is 3. The first kappa shape index (κ1) is 22.6. The van der Waals surface area contributed by atoms with Crippen LogP contribution in [0.1, 0.15) is 15.9 Å². The van der Waals surface area contributed by atoms with E-state index in [4.69, 9.17) is 0 Å². The molecule has 0 heterocycles. The second-order valence-electron chi connectivity index (χ2n) is 7.67. The molecule has 4 rings (SSSR count). The van der Waals surface area contributed by atoms with Gasteiger partial charge in [-0.3, -0.25) is 4.79 Å². The first-order valence-electron chi connectivity index (χ1n) is 10.5. The second kappa shape index (κ2) is 9.52. The van der Waals surface area contributed by atoms with Crippen LogP contribution in [0.25, 0.3) is 10.8 Å². The predicted molar refractivity (Wildman–Crippen MR) is 128 cm³/mol. The van der Waals surface area contributed by atoms with Crippen LogP contribution >= 0.6 is 0 Å². The third kappa shape index (κ3) is 5.10. The number of hydrogen-bond donors (Lipinski definition) is 1. The number of fused-ring (bicyclic) bond motifs is 1. The van der Waals surface area contributed by atoms with E-state index in [0.29, 0.717) is 16.6 Å². The van der Waals surface area contributed by atoms with Crippen LogP contribution in [0.4, 0.5) is 10.1 Å². The summed E-state index contributed by atoms with van der Waals surface area (Å²) in [5.41, 5.74) is 1.95. The molecule has 0 unspecified atom stereocenters. The molecular formula is C26H23FN2O3S. The summed E-state index contributed by atoms with van der Waals surface area (Å²) in [4.78, 5) is 14.8. The average Bonchev–Trinajstić information content (AvgIpc) is 2.82. The molecule has 0 aliphatic heterocycles. The van der Waals surface area contributed by atoms with Crippen molar-refractivity contribution in [2.75, 3.05) is 18.0 Å². The molecule has 0 radical (unpaired) electrons. The number of amides is 1. The van der Waals surface area contributed by atoms with Gasteiger partial charge >= 0.3 is 0 Å². The minimum Gasteiger partial charge on any atom is -0.307 e. The summed E-state index contributed by atoms with van der Waals surface area (Å²) < 4.78 is 42.1. The number of benzene rings is 4. The molecule has 0 atom stereocenters. The molecule has 1 amide bonds. The van der Waals surface area contributed by atoms with Crippen molar-refractivity contribution in [2.24, 2.45) is 0 Å². The first-order valence-corrected chi connectivity index (χ1v) is 11.9. The average molecular weight is 463 g/mol. The molecule has 7 heteroatoms. The highest BCUT2D eigenvalue weighted by molar-refractivity contribution is 7.89. The van der Waals surface area contributed by atoms with E-state index in [1.807, 2.05) is 37.3 Å². The number of carbonyl (C=O) groups excluding carboxylic acids is 1. The van der Waals surface area contributed by atoms with Crippen LogP contribution in [0, 0.1) is 12.7 Å². The van der Waals surface area contributed by atoms with Crippen LogP contribution < -0.4 is 9.62 Å². The van der Waals surface area contributed by atoms with Crippen LogP contribution in [0.5, 0.6) is 0 Å². The van der Waals surface area contributed by atoms with E-state index in [0.717, 1.165) is 10.9 Å². The minimum atomic E-state index is -3.82. The standard InChI is InChI=1S/C26H23FN2O3S/c1-19-9-11-21(12-10-19)26(30)29(23-15-13-22(27)14-16-23)18-17-28-33(31,32)25-8-4-6-20-5-2-3-7-24(20)25/h2-16,28H,17-18H2,1H3. The highest BCUT2D eigenvalue weighted by Crippen LogP contribution is 2.23. The molecule has 0 spiro atoms. The molecular weight excluding hydrogens is 439 g/mol. The summed E-state index contributed by atoms with van der Waals surface area (Å²) in [5, 5.41) is 1.45. The number of anilines is 1. The number of nitrogens with one attached hydrogen (secondary N) is 1. The zero-order valence-corrected chi connectivity index (χ0v) is 18.8. The molecule has 0 bridgehead atoms. The van der Waals surface area contributed by atoms with Crippen molar-refractivity contribution in [1.82, 2.24) is 4.72 Å². The van der Waals surface area contributed by atoms with Crippen molar-refractivity contribution in [1.29, 1.82) is 0 Å². The molecule has 0 fully saturated rings. The van der Waals surface area contributed by atoms with Gasteiger partial charge in [-0.25, -0.2) is 17.5 Å². The number of rotatable bonds is 7. The van der Waals surface area contributed by atoms with Crippen LogP contribution in [0.3, 0.4) is 0 Å². The molecule has 0 aliphatic carbocycles. The molecule has 0 aromatic heterocycles. The van der Waals surface area contributed by atoms with Crippen molar-refractivity contribution in [2.45, 2.75) is 11.8 Å². The molecule has 4 aromatic carbocycles. The van der Waals surface area contributed by atoms with Gasteiger partial charge in [-0.1, -0.05) is 54.1 Å². The van der Waals surface area contributed by atoms with Crippen molar-refractivity contribution < 1.29 is 17.6 Å². The maximum absolute atomic E-state index is 13.4. The summed E-state index contributed by atoms with van der Waals surface area (Å²) in [6, 6.07) is 25.0. The zero-order valence-electron chi connectivity index (χ0n) is 18.0. The third-order valence-corrected chi connectivity index (χ3v) is 6.87. The van der Waals surface area contributed by atoms with Gasteiger partial charge in [0, 0.05) is 29.7 Å². The summed E-state index contributed by atoms with van der Waals surface area (Å²) in [7, 11) is -3.82. The normalized spacial score (nSPS) is 11.5. The smallest absolute Gasteiger partial charge is 0.258 e. The number of sulfonamides is 1. The van der Waals surface area contributed by atoms with Crippen molar-refractivity contribution in [3.8, 4) is 0 Å². The lowest BCUT2D eigenvalue weighted by Crippen LogP contribution is -2.38. The quantitative estimate of drug-likeness (QED) is 0.424. The Labute approximate surface area is 192 Å². The number of halogens is 1. The van der Waals surface area contributed by atoms with Crippen molar-refractivity contribution in [3.05, 3.63) is 108 Å². The van der Waals surface area contributed by atoms with Crippen LogP contribution in [-0.2, 0) is 10.0 Å². The first-order chi connectivity index (χ1) is 15.8. The Morgan fingerprint density at radius 2 is 1.55 bits per heavy atom. The molecule has 1 N–H and O–H groups in total. The van der Waals surface area contributed by atoms with Crippen LogP contribution in [0.2, 0.25) is 0 Å². The fourth-order valence-electron chi connectivity index (χ4n) is 3.62. The van der Waals surface area contributed by atoms with Gasteiger partial charge in [-0.2, -0.15) is 0 Å². The molecule has 168 valence electrons. The fourth-order valence-corrected chi connectivity index (χ4v) is 4.87. The second-order valence-corrected chi connectivity index (χ2v) is 9.41. The number of nitrogens with zero attached hydrogens (tertiary/aromatic N) is 1. The van der Waals surface area contributed by atoms with E-state index >= 15 is 0 Å². The number of aryl methyl sites for hydroxylation is 1. The Hall–Kier alpha value is -3.55. The largest absolute Gasteiger partial charge is 0.307 e. The lowest BCUT2D eigenvalue weighted by atomic mass is 10.1. The Kier molecular flexibility index (Phi) is 6.53. The SMILES string of the molecule is Cc1ccc(C(=O)N(CCNS(=O)(=O)c2cccc3ccccc23)c2ccc(F)cc2)cc1. The van der Waals surface area contributed by atoms with E-state index in [-0.39, 0.29) is 23.9 Å². The predicted octanol–water partition coefficient (Wildman–Crippen LogP) is 4.91. The maximum Gasteiger partial charge on any atom is 0.258 e. The molecule has 33 heavy (non-hydrogen) atoms. The van der Waals surface area contributed by atoms with Gasteiger partial charge in [0.1, 0.15) is 5.82 Å². The van der Waals surface area contributed by atoms with Gasteiger partial charge in [-0.05, 0) is 54.8 Å². The molecule has 0 saturated heterocycles. The van der Waals surface area contributed by atoms with Gasteiger partial charge in [0.2, 0.25) is 10.0 Å². The Bertz CT molecular complexity index is 1380. The Morgan fingerprint density at radius 3 is 2.27 bits per heavy atom. The van der Waals surface area contributed by atoms with E-state index in [9.17, 15) is 17.6 Å². The van der Waals surface area contributed by atoms with E-state index in [1.165, 1.54) is 29.2 Å². The minimum absolute atomic E-state index is 0.0134. The van der Waals surface area contributed by atoms with Crippen molar-refractivity contribution in [3.63, 3.8) is 0 Å². The van der Waals surface area contributed by atoms with E-state index in [1.54, 1.807) is 36.4 Å². The van der Waals surface area contributed by atoms with Gasteiger partial charge in [0.25, 0.3) is 5.91 Å². The summed E-state index contributed by atoms with van der Waals surface area (Å²) in [6.07, 6.45) is 0. The lowest BCUT2D eigenvalue weighted by Gasteiger charge is -2.23. The monoisotopic (exact) mass is 462 g/mol. The topological polar surface area (TPSA) is 66.5 Å². The number of carbonyl (C=O) groups is 1. The van der Waals surface area contributed by atoms with Crippen LogP contribution in [-0.4, -0.2) is 27.4 Å². The zero-order chi connectivity index (χ0) is 23.4. The summed E-state index contributed by atoms with van der Waals surface area (Å²) in [6.45, 7) is 1.98.